The van der Waals surface area contributed by atoms with E-state index in [2.05, 4.69) is 0 Å². The molecule has 2 aromatic carbocycles. The average molecular weight is 392 g/mol. The number of ether oxygens (including phenoxy) is 3. The molecule has 1 saturated carbocycles. The van der Waals surface area contributed by atoms with Crippen molar-refractivity contribution >= 4 is 17.8 Å². The summed E-state index contributed by atoms with van der Waals surface area (Å²) in [6, 6.07) is 12.4. The van der Waals surface area contributed by atoms with Crippen molar-refractivity contribution in [2.75, 3.05) is 6.61 Å². The first-order valence-corrected chi connectivity index (χ1v) is 10.2. The molecule has 0 bridgehead atoms. The molecule has 2 aromatic rings. The van der Waals surface area contributed by atoms with E-state index in [0.717, 1.165) is 31.2 Å². The predicted molar refractivity (Wildman–Crippen MR) is 109 cm³/mol. The Morgan fingerprint density at radius 3 is 2.72 bits per heavy atom. The van der Waals surface area contributed by atoms with E-state index in [9.17, 15) is 9.59 Å². The number of hydrogen-bond acceptors (Lipinski definition) is 5. The van der Waals surface area contributed by atoms with Gasteiger partial charge in [0, 0.05) is 11.6 Å². The highest BCUT2D eigenvalue weighted by molar-refractivity contribution is 6.14. The summed E-state index contributed by atoms with van der Waals surface area (Å²) in [4.78, 5) is 25.1. The fourth-order valence-electron chi connectivity index (χ4n) is 3.80. The first kappa shape index (κ1) is 19.2. The summed E-state index contributed by atoms with van der Waals surface area (Å²) in [6.45, 7) is 2.44. The van der Waals surface area contributed by atoms with Crippen LogP contribution < -0.4 is 14.2 Å². The molecular formula is C24H24O5. The molecule has 0 atom stereocenters. The monoisotopic (exact) mass is 392 g/mol. The van der Waals surface area contributed by atoms with Crippen LogP contribution in [0.15, 0.2) is 48.2 Å². The third-order valence-electron chi connectivity index (χ3n) is 5.30. The lowest BCUT2D eigenvalue weighted by molar-refractivity contribution is -0.139. The van der Waals surface area contributed by atoms with Crippen molar-refractivity contribution < 1.29 is 23.8 Å². The second-order valence-electron chi connectivity index (χ2n) is 7.32. The van der Waals surface area contributed by atoms with Gasteiger partial charge in [-0.25, -0.2) is 0 Å². The van der Waals surface area contributed by atoms with Gasteiger partial charge < -0.3 is 14.2 Å². The fraction of sp³-hybridized carbons (Fsp3) is 0.333. The van der Waals surface area contributed by atoms with E-state index in [1.165, 1.54) is 6.42 Å². The van der Waals surface area contributed by atoms with Crippen LogP contribution in [0.4, 0.5) is 0 Å². The number of rotatable bonds is 5. The minimum atomic E-state index is -0.199. The molecule has 0 aromatic heterocycles. The molecule has 4 rings (SSSR count). The van der Waals surface area contributed by atoms with Gasteiger partial charge in [0.25, 0.3) is 0 Å². The number of fused-ring (bicyclic) bond motifs is 1. The standard InChI is InChI=1S/C24H24O5/c1-2-27-20-11-7-6-10-17(20)14-22-23(25)19-13-12-18(15-21(19)29-22)28-24(26)16-8-4-3-5-9-16/h6-7,10-16H,2-5,8-9H2,1H3/b22-14-. The van der Waals surface area contributed by atoms with E-state index in [-0.39, 0.29) is 23.4 Å². The van der Waals surface area contributed by atoms with Gasteiger partial charge in [-0.3, -0.25) is 9.59 Å². The molecule has 5 heteroatoms. The molecule has 0 radical (unpaired) electrons. The SMILES string of the molecule is CCOc1ccccc1/C=C1\Oc2cc(OC(=O)C3CCCCC3)ccc2C1=O. The second-order valence-corrected chi connectivity index (χ2v) is 7.32. The van der Waals surface area contributed by atoms with E-state index in [4.69, 9.17) is 14.2 Å². The number of ketones is 1. The quantitative estimate of drug-likeness (QED) is 0.398. The van der Waals surface area contributed by atoms with Crippen molar-refractivity contribution in [2.24, 2.45) is 5.92 Å². The van der Waals surface area contributed by atoms with Crippen LogP contribution in [-0.2, 0) is 4.79 Å². The van der Waals surface area contributed by atoms with Gasteiger partial charge in [0.2, 0.25) is 5.78 Å². The van der Waals surface area contributed by atoms with Crippen molar-refractivity contribution in [1.29, 1.82) is 0 Å². The van der Waals surface area contributed by atoms with Crippen LogP contribution in [0.2, 0.25) is 0 Å². The van der Waals surface area contributed by atoms with E-state index in [1.54, 1.807) is 24.3 Å². The van der Waals surface area contributed by atoms with Crippen LogP contribution in [0.3, 0.4) is 0 Å². The third-order valence-corrected chi connectivity index (χ3v) is 5.30. The maximum atomic E-state index is 12.7. The molecule has 0 spiro atoms. The molecule has 29 heavy (non-hydrogen) atoms. The van der Waals surface area contributed by atoms with Gasteiger partial charge in [-0.2, -0.15) is 0 Å². The van der Waals surface area contributed by atoms with Crippen molar-refractivity contribution in [2.45, 2.75) is 39.0 Å². The van der Waals surface area contributed by atoms with Crippen LogP contribution in [0, 0.1) is 5.92 Å². The van der Waals surface area contributed by atoms with Crippen LogP contribution in [0.5, 0.6) is 17.2 Å². The molecule has 1 fully saturated rings. The number of benzene rings is 2. The second kappa shape index (κ2) is 8.52. The van der Waals surface area contributed by atoms with E-state index in [1.807, 2.05) is 31.2 Å². The number of Topliss-reactive ketones (excluding diaryl/α,β-unsaturated/α-hetero) is 1. The average Bonchev–Trinajstić information content (AvgIpc) is 3.05. The molecule has 1 heterocycles. The summed E-state index contributed by atoms with van der Waals surface area (Å²) in [6.07, 6.45) is 6.76. The molecule has 2 aliphatic rings. The maximum Gasteiger partial charge on any atom is 0.314 e. The van der Waals surface area contributed by atoms with Gasteiger partial charge in [-0.1, -0.05) is 37.5 Å². The summed E-state index contributed by atoms with van der Waals surface area (Å²) in [7, 11) is 0. The zero-order chi connectivity index (χ0) is 20.2. The predicted octanol–water partition coefficient (Wildman–Crippen LogP) is 5.19. The van der Waals surface area contributed by atoms with Crippen LogP contribution >= 0.6 is 0 Å². The third kappa shape index (κ3) is 4.19. The minimum absolute atomic E-state index is 0.0370. The first-order valence-electron chi connectivity index (χ1n) is 10.2. The van der Waals surface area contributed by atoms with Crippen LogP contribution in [0.1, 0.15) is 54.9 Å². The Kier molecular flexibility index (Phi) is 5.65. The van der Waals surface area contributed by atoms with Gasteiger partial charge in [0.15, 0.2) is 5.76 Å². The highest BCUT2D eigenvalue weighted by Crippen LogP contribution is 2.36. The normalized spacial score (nSPS) is 17.7. The zero-order valence-corrected chi connectivity index (χ0v) is 16.5. The van der Waals surface area contributed by atoms with Crippen LogP contribution in [0.25, 0.3) is 6.08 Å². The van der Waals surface area contributed by atoms with Crippen molar-refractivity contribution in [3.8, 4) is 17.2 Å². The number of carbonyl (C=O) groups excluding carboxylic acids is 2. The van der Waals surface area contributed by atoms with Crippen molar-refractivity contribution in [3.63, 3.8) is 0 Å². The summed E-state index contributed by atoms with van der Waals surface area (Å²) < 4.78 is 16.9. The lowest BCUT2D eigenvalue weighted by atomic mass is 9.89. The van der Waals surface area contributed by atoms with E-state index >= 15 is 0 Å². The Bertz CT molecular complexity index is 953. The van der Waals surface area contributed by atoms with Gasteiger partial charge >= 0.3 is 5.97 Å². The number of allylic oxidation sites excluding steroid dienone is 1. The summed E-state index contributed by atoms with van der Waals surface area (Å²) in [5.41, 5.74) is 1.23. The Balaban J connectivity index is 1.52. The molecule has 150 valence electrons. The van der Waals surface area contributed by atoms with Crippen molar-refractivity contribution in [3.05, 3.63) is 59.4 Å². The Hall–Kier alpha value is -3.08. The van der Waals surface area contributed by atoms with Gasteiger partial charge in [-0.15, -0.1) is 0 Å². The highest BCUT2D eigenvalue weighted by atomic mass is 16.5. The summed E-state index contributed by atoms with van der Waals surface area (Å²) in [5.74, 6) is 1.30. The molecule has 1 aliphatic carbocycles. The molecule has 1 aliphatic heterocycles. The number of para-hydroxylation sites is 1. The largest absolute Gasteiger partial charge is 0.493 e. The molecule has 0 N–H and O–H groups in total. The molecule has 0 amide bonds. The number of carbonyl (C=O) groups is 2. The smallest absolute Gasteiger partial charge is 0.314 e. The van der Waals surface area contributed by atoms with Gasteiger partial charge in [-0.05, 0) is 44.0 Å². The highest BCUT2D eigenvalue weighted by Gasteiger charge is 2.29. The lowest BCUT2D eigenvalue weighted by Crippen LogP contribution is -2.22. The van der Waals surface area contributed by atoms with E-state index < -0.39 is 0 Å². The maximum absolute atomic E-state index is 12.7. The minimum Gasteiger partial charge on any atom is -0.493 e. The molecule has 0 saturated heterocycles. The Labute approximate surface area is 170 Å². The lowest BCUT2D eigenvalue weighted by Gasteiger charge is -2.19. The topological polar surface area (TPSA) is 61.8 Å². The van der Waals surface area contributed by atoms with Gasteiger partial charge in [0.05, 0.1) is 18.1 Å². The number of esters is 1. The van der Waals surface area contributed by atoms with Crippen molar-refractivity contribution in [1.82, 2.24) is 0 Å². The molecule has 0 unspecified atom stereocenters. The molecular weight excluding hydrogens is 368 g/mol. The Morgan fingerprint density at radius 1 is 1.14 bits per heavy atom. The first-order chi connectivity index (χ1) is 14.2. The van der Waals surface area contributed by atoms with Crippen LogP contribution in [-0.4, -0.2) is 18.4 Å². The molecule has 5 nitrogen and oxygen atoms in total. The Morgan fingerprint density at radius 2 is 1.93 bits per heavy atom. The summed E-state index contributed by atoms with van der Waals surface area (Å²) >= 11 is 0. The van der Waals surface area contributed by atoms with Gasteiger partial charge in [0.1, 0.15) is 17.2 Å². The zero-order valence-electron chi connectivity index (χ0n) is 16.5. The number of hydrogen-bond donors (Lipinski definition) is 0. The van der Waals surface area contributed by atoms with E-state index in [0.29, 0.717) is 29.4 Å². The fourth-order valence-corrected chi connectivity index (χ4v) is 3.80. The summed E-state index contributed by atoms with van der Waals surface area (Å²) in [5, 5.41) is 0.